The quantitative estimate of drug-likeness (QED) is 0.503. The Hall–Kier alpha value is -3.57. The number of carbonyl (C=O) groups excluding carboxylic acids is 3. The van der Waals surface area contributed by atoms with Gasteiger partial charge in [-0.25, -0.2) is 9.99 Å². The van der Waals surface area contributed by atoms with E-state index in [9.17, 15) is 14.4 Å². The second kappa shape index (κ2) is 10.2. The molecule has 10 nitrogen and oxygen atoms in total. The lowest BCUT2D eigenvalue weighted by molar-refractivity contribution is -0.148. The summed E-state index contributed by atoms with van der Waals surface area (Å²) in [5.41, 5.74) is 2.44. The van der Waals surface area contributed by atoms with Crippen molar-refractivity contribution in [1.82, 2.24) is 30.8 Å². The maximum Gasteiger partial charge on any atom is 0.264 e. The molecule has 4 heterocycles. The summed E-state index contributed by atoms with van der Waals surface area (Å²) < 4.78 is 5.13. The summed E-state index contributed by atoms with van der Waals surface area (Å²) in [6.45, 7) is 5.91. The number of amides is 3. The van der Waals surface area contributed by atoms with E-state index in [1.165, 1.54) is 17.5 Å². The van der Waals surface area contributed by atoms with Crippen molar-refractivity contribution in [3.8, 4) is 10.8 Å². The average molecular weight is 509 g/mol. The van der Waals surface area contributed by atoms with Crippen LogP contribution in [0.1, 0.15) is 52.3 Å². The molecule has 2 atom stereocenters. The number of thiazole rings is 1. The summed E-state index contributed by atoms with van der Waals surface area (Å²) >= 11 is 1.21. The Morgan fingerprint density at radius 2 is 2.08 bits per heavy atom. The highest BCUT2D eigenvalue weighted by Crippen LogP contribution is 2.30. The first-order chi connectivity index (χ1) is 17.5. The first-order valence-electron chi connectivity index (χ1n) is 12.1. The Kier molecular flexibility index (Phi) is 6.84. The Balaban J connectivity index is 1.27. The predicted molar refractivity (Wildman–Crippen MR) is 133 cm³/mol. The van der Waals surface area contributed by atoms with Gasteiger partial charge in [0.05, 0.1) is 17.8 Å². The molecule has 1 saturated heterocycles. The molecule has 5 rings (SSSR count). The van der Waals surface area contributed by atoms with Crippen molar-refractivity contribution >= 4 is 29.1 Å². The van der Waals surface area contributed by atoms with Crippen LogP contribution in [-0.2, 0) is 16.1 Å². The minimum Gasteiger partial charge on any atom is -0.354 e. The minimum atomic E-state index is -0.755. The van der Waals surface area contributed by atoms with Gasteiger partial charge in [-0.2, -0.15) is 0 Å². The first-order valence-corrected chi connectivity index (χ1v) is 12.9. The van der Waals surface area contributed by atoms with Crippen LogP contribution < -0.4 is 10.6 Å². The third-order valence-corrected chi connectivity index (χ3v) is 7.83. The summed E-state index contributed by atoms with van der Waals surface area (Å²) in [6, 6.07) is 8.68. The zero-order valence-electron chi connectivity index (χ0n) is 20.2. The maximum atomic E-state index is 13.4. The number of nitrogens with one attached hydrogen (secondary N) is 2. The first kappa shape index (κ1) is 24.1. The molecule has 188 valence electrons. The van der Waals surface area contributed by atoms with Gasteiger partial charge in [0, 0.05) is 32.2 Å². The molecule has 2 aliphatic rings. The molecule has 36 heavy (non-hydrogen) atoms. The highest BCUT2D eigenvalue weighted by Gasteiger charge is 2.38. The number of carbonyl (C=O) groups is 3. The van der Waals surface area contributed by atoms with Crippen molar-refractivity contribution < 1.29 is 18.9 Å². The van der Waals surface area contributed by atoms with E-state index in [1.54, 1.807) is 18.0 Å². The lowest BCUT2D eigenvalue weighted by Gasteiger charge is -2.28. The van der Waals surface area contributed by atoms with Crippen LogP contribution in [-0.4, -0.2) is 57.5 Å². The Morgan fingerprint density at radius 3 is 2.86 bits per heavy atom. The Morgan fingerprint density at radius 1 is 1.25 bits per heavy atom. The van der Waals surface area contributed by atoms with E-state index in [1.807, 2.05) is 31.2 Å². The fourth-order valence-corrected chi connectivity index (χ4v) is 5.61. The predicted octanol–water partition coefficient (Wildman–Crippen LogP) is 2.68. The Labute approximate surface area is 212 Å². The highest BCUT2D eigenvalue weighted by atomic mass is 32.1. The molecule has 0 spiro atoms. The van der Waals surface area contributed by atoms with E-state index in [2.05, 4.69) is 25.8 Å². The summed E-state index contributed by atoms with van der Waals surface area (Å²) in [7, 11) is 0. The molecule has 3 aromatic rings. The van der Waals surface area contributed by atoms with E-state index < -0.39 is 12.0 Å². The molecule has 2 aliphatic heterocycles. The van der Waals surface area contributed by atoms with Crippen LogP contribution in [0, 0.1) is 12.8 Å². The number of aryl methyl sites for hydroxylation is 1. The lowest BCUT2D eigenvalue weighted by Crippen LogP contribution is -2.47. The van der Waals surface area contributed by atoms with Crippen LogP contribution in [0.5, 0.6) is 0 Å². The number of hydrazine groups is 1. The SMILES string of the molecule is CCC(CNC(=O)c1sc(-c2ccno2)nc1C)C(=O)N[C@@H]1C(=O)N2CCCN2Cc2ccccc21. The van der Waals surface area contributed by atoms with Crippen LogP contribution in [0.4, 0.5) is 0 Å². The number of hydrogen-bond acceptors (Lipinski definition) is 8. The summed E-state index contributed by atoms with van der Waals surface area (Å²) in [6.07, 6.45) is 2.94. The smallest absolute Gasteiger partial charge is 0.264 e. The topological polar surface area (TPSA) is 121 Å². The second-order valence-corrected chi connectivity index (χ2v) is 9.97. The summed E-state index contributed by atoms with van der Waals surface area (Å²) in [5.74, 6) is -0.677. The van der Waals surface area contributed by atoms with E-state index in [4.69, 9.17) is 4.52 Å². The van der Waals surface area contributed by atoms with Crippen molar-refractivity contribution in [2.75, 3.05) is 19.6 Å². The third kappa shape index (κ3) is 4.63. The number of aromatic nitrogens is 2. The van der Waals surface area contributed by atoms with Gasteiger partial charge in [0.1, 0.15) is 10.9 Å². The van der Waals surface area contributed by atoms with Gasteiger partial charge in [0.2, 0.25) is 5.91 Å². The van der Waals surface area contributed by atoms with Crippen LogP contribution in [0.3, 0.4) is 0 Å². The van der Waals surface area contributed by atoms with Gasteiger partial charge in [-0.1, -0.05) is 36.3 Å². The van der Waals surface area contributed by atoms with E-state index in [-0.39, 0.29) is 24.3 Å². The van der Waals surface area contributed by atoms with Gasteiger partial charge in [0.15, 0.2) is 10.8 Å². The molecule has 0 saturated carbocycles. The van der Waals surface area contributed by atoms with Gasteiger partial charge in [-0.05, 0) is 30.9 Å². The molecule has 1 aromatic carbocycles. The van der Waals surface area contributed by atoms with Crippen molar-refractivity contribution in [3.05, 3.63) is 58.2 Å². The number of rotatable bonds is 7. The standard InChI is InChI=1S/C25H28N6O4S/c1-3-16(13-26-23(33)21-15(2)28-24(36-21)19-9-10-27-35-19)22(32)29-20-18-8-5-4-7-17(18)14-30-11-6-12-31(30)25(20)34/h4-5,7-10,16,20H,3,6,11-14H2,1-2H3,(H,26,33)(H,29,32)/t16?,20-/m0/s1. The molecule has 1 unspecified atom stereocenters. The number of fused-ring (bicyclic) bond motifs is 2. The minimum absolute atomic E-state index is 0.120. The highest BCUT2D eigenvalue weighted by molar-refractivity contribution is 7.17. The molecule has 0 radical (unpaired) electrons. The number of benzene rings is 1. The van der Waals surface area contributed by atoms with Gasteiger partial charge in [-0.15, -0.1) is 11.3 Å². The monoisotopic (exact) mass is 508 g/mol. The van der Waals surface area contributed by atoms with Crippen LogP contribution >= 0.6 is 11.3 Å². The number of nitrogens with zero attached hydrogens (tertiary/aromatic N) is 4. The van der Waals surface area contributed by atoms with E-state index in [0.717, 1.165) is 24.1 Å². The molecular formula is C25H28N6O4S. The van der Waals surface area contributed by atoms with Gasteiger partial charge < -0.3 is 15.2 Å². The van der Waals surface area contributed by atoms with Gasteiger partial charge in [0.25, 0.3) is 11.8 Å². The molecule has 11 heteroatoms. The summed E-state index contributed by atoms with van der Waals surface area (Å²) in [5, 5.41) is 13.9. The van der Waals surface area contributed by atoms with Crippen molar-refractivity contribution in [2.24, 2.45) is 5.92 Å². The molecule has 0 bridgehead atoms. The van der Waals surface area contributed by atoms with Crippen molar-refractivity contribution in [3.63, 3.8) is 0 Å². The number of hydrogen-bond donors (Lipinski definition) is 2. The van der Waals surface area contributed by atoms with Gasteiger partial charge in [-0.3, -0.25) is 19.4 Å². The molecular weight excluding hydrogens is 480 g/mol. The molecule has 1 fully saturated rings. The largest absolute Gasteiger partial charge is 0.354 e. The van der Waals surface area contributed by atoms with Crippen molar-refractivity contribution in [1.29, 1.82) is 0 Å². The van der Waals surface area contributed by atoms with Crippen molar-refractivity contribution in [2.45, 2.75) is 39.3 Å². The van der Waals surface area contributed by atoms with Gasteiger partial charge >= 0.3 is 0 Å². The van der Waals surface area contributed by atoms with Crippen LogP contribution in [0.2, 0.25) is 0 Å². The average Bonchev–Trinajstić information content (AvgIpc) is 3.63. The second-order valence-electron chi connectivity index (χ2n) is 8.97. The van der Waals surface area contributed by atoms with Crippen LogP contribution in [0.25, 0.3) is 10.8 Å². The third-order valence-electron chi connectivity index (χ3n) is 6.66. The Bertz CT molecular complexity index is 1270. The fraction of sp³-hybridized carbons (Fsp3) is 0.400. The zero-order chi connectivity index (χ0) is 25.2. The van der Waals surface area contributed by atoms with E-state index in [0.29, 0.717) is 40.8 Å². The van der Waals surface area contributed by atoms with E-state index >= 15 is 0 Å². The van der Waals surface area contributed by atoms with Crippen LogP contribution in [0.15, 0.2) is 41.1 Å². The molecule has 2 aromatic heterocycles. The molecule has 0 aliphatic carbocycles. The zero-order valence-corrected chi connectivity index (χ0v) is 21.0. The molecule has 3 amide bonds. The fourth-order valence-electron chi connectivity index (χ4n) is 4.67. The molecule has 2 N–H and O–H groups in total. The lowest BCUT2D eigenvalue weighted by atomic mass is 9.98. The normalized spacial score (nSPS) is 18.3. The summed E-state index contributed by atoms with van der Waals surface area (Å²) in [4.78, 5) is 44.4. The maximum absolute atomic E-state index is 13.4.